The number of hydrogen-bond acceptors (Lipinski definition) is 1. The highest BCUT2D eigenvalue weighted by Gasteiger charge is 2.41. The topological polar surface area (TPSA) is 3.24 Å². The summed E-state index contributed by atoms with van der Waals surface area (Å²) in [5.41, 5.74) is 0. The van der Waals surface area contributed by atoms with Crippen molar-refractivity contribution in [1.82, 2.24) is 4.90 Å². The normalized spacial score (nSPS) is 34.7. The maximum absolute atomic E-state index is 2.60. The minimum Gasteiger partial charge on any atom is -0.300 e. The first-order valence-corrected chi connectivity index (χ1v) is 6.32. The standard InChI is InChI=1S/C13H25N/c1-9(2)11-5-12(6-11)13-7-14(8-13)10(3)4/h9-13H,5-8H2,1-4H3. The number of rotatable bonds is 3. The molecule has 1 aliphatic carbocycles. The third-order valence-electron chi connectivity index (χ3n) is 4.49. The predicted molar refractivity (Wildman–Crippen MR) is 61.3 cm³/mol. The maximum Gasteiger partial charge on any atom is 0.00388 e. The van der Waals surface area contributed by atoms with E-state index >= 15 is 0 Å². The Morgan fingerprint density at radius 1 is 0.929 bits per heavy atom. The monoisotopic (exact) mass is 195 g/mol. The molecule has 1 heteroatoms. The lowest BCUT2D eigenvalue weighted by molar-refractivity contribution is -0.0242. The van der Waals surface area contributed by atoms with Crippen LogP contribution in [0, 0.1) is 23.7 Å². The van der Waals surface area contributed by atoms with E-state index in [1.54, 1.807) is 0 Å². The number of hydrogen-bond donors (Lipinski definition) is 0. The van der Waals surface area contributed by atoms with Crippen molar-refractivity contribution >= 4 is 0 Å². The Hall–Kier alpha value is -0.0400. The van der Waals surface area contributed by atoms with Gasteiger partial charge in [-0.25, -0.2) is 0 Å². The van der Waals surface area contributed by atoms with Gasteiger partial charge in [-0.05, 0) is 50.4 Å². The lowest BCUT2D eigenvalue weighted by Gasteiger charge is -2.51. The van der Waals surface area contributed by atoms with Crippen LogP contribution in [-0.4, -0.2) is 24.0 Å². The van der Waals surface area contributed by atoms with Crippen LogP contribution in [0.5, 0.6) is 0 Å². The Kier molecular flexibility index (Phi) is 2.88. The molecule has 0 bridgehead atoms. The van der Waals surface area contributed by atoms with Crippen molar-refractivity contribution in [2.45, 2.75) is 46.6 Å². The first-order valence-electron chi connectivity index (χ1n) is 6.32. The van der Waals surface area contributed by atoms with Gasteiger partial charge in [0.15, 0.2) is 0 Å². The van der Waals surface area contributed by atoms with Crippen molar-refractivity contribution in [3.63, 3.8) is 0 Å². The smallest absolute Gasteiger partial charge is 0.00388 e. The Bertz CT molecular complexity index is 163. The van der Waals surface area contributed by atoms with E-state index in [4.69, 9.17) is 0 Å². The van der Waals surface area contributed by atoms with E-state index in [1.165, 1.54) is 25.9 Å². The zero-order chi connectivity index (χ0) is 10.3. The van der Waals surface area contributed by atoms with Crippen molar-refractivity contribution in [2.75, 3.05) is 13.1 Å². The first-order chi connectivity index (χ1) is 6.58. The van der Waals surface area contributed by atoms with Gasteiger partial charge in [0.05, 0.1) is 0 Å². The summed E-state index contributed by atoms with van der Waals surface area (Å²) in [4.78, 5) is 2.60. The molecule has 0 aromatic rings. The van der Waals surface area contributed by atoms with Crippen molar-refractivity contribution in [1.29, 1.82) is 0 Å². The van der Waals surface area contributed by atoms with Gasteiger partial charge >= 0.3 is 0 Å². The van der Waals surface area contributed by atoms with Crippen LogP contribution in [0.15, 0.2) is 0 Å². The molecule has 1 aliphatic heterocycles. The number of likely N-dealkylation sites (tertiary alicyclic amines) is 1. The molecule has 14 heavy (non-hydrogen) atoms. The summed E-state index contributed by atoms with van der Waals surface area (Å²) < 4.78 is 0. The Morgan fingerprint density at radius 3 is 1.93 bits per heavy atom. The molecule has 2 rings (SSSR count). The second-order valence-corrected chi connectivity index (χ2v) is 6.04. The molecule has 0 N–H and O–H groups in total. The fourth-order valence-corrected chi connectivity index (χ4v) is 2.91. The van der Waals surface area contributed by atoms with Gasteiger partial charge in [-0.15, -0.1) is 0 Å². The average molecular weight is 195 g/mol. The van der Waals surface area contributed by atoms with E-state index in [0.29, 0.717) is 0 Å². The SMILES string of the molecule is CC(C)C1CC(C2CN(C(C)C)C2)C1. The summed E-state index contributed by atoms with van der Waals surface area (Å²) in [5, 5.41) is 0. The Balaban J connectivity index is 1.66. The predicted octanol–water partition coefficient (Wildman–Crippen LogP) is 3.01. The van der Waals surface area contributed by atoms with Crippen LogP contribution in [0.2, 0.25) is 0 Å². The molecule has 1 saturated carbocycles. The maximum atomic E-state index is 2.60. The summed E-state index contributed by atoms with van der Waals surface area (Å²) in [6, 6.07) is 0.771. The van der Waals surface area contributed by atoms with Crippen molar-refractivity contribution in [3.05, 3.63) is 0 Å². The van der Waals surface area contributed by atoms with Gasteiger partial charge in [0.25, 0.3) is 0 Å². The highest BCUT2D eigenvalue weighted by molar-refractivity contribution is 4.93. The minimum atomic E-state index is 0.771. The van der Waals surface area contributed by atoms with Crippen LogP contribution >= 0.6 is 0 Å². The lowest BCUT2D eigenvalue weighted by atomic mass is 9.63. The van der Waals surface area contributed by atoms with Gasteiger partial charge in [0.1, 0.15) is 0 Å². The van der Waals surface area contributed by atoms with Gasteiger partial charge in [-0.1, -0.05) is 13.8 Å². The number of nitrogens with zero attached hydrogens (tertiary/aromatic N) is 1. The van der Waals surface area contributed by atoms with Gasteiger partial charge in [0, 0.05) is 19.1 Å². The summed E-state index contributed by atoms with van der Waals surface area (Å²) in [6.07, 6.45) is 3.04. The van der Waals surface area contributed by atoms with Crippen molar-refractivity contribution in [3.8, 4) is 0 Å². The lowest BCUT2D eigenvalue weighted by Crippen LogP contribution is -2.55. The highest BCUT2D eigenvalue weighted by atomic mass is 15.2. The van der Waals surface area contributed by atoms with Crippen LogP contribution in [0.3, 0.4) is 0 Å². The third-order valence-corrected chi connectivity index (χ3v) is 4.49. The van der Waals surface area contributed by atoms with Crippen LogP contribution in [-0.2, 0) is 0 Å². The van der Waals surface area contributed by atoms with Crippen LogP contribution in [0.1, 0.15) is 40.5 Å². The van der Waals surface area contributed by atoms with Gasteiger partial charge in [-0.2, -0.15) is 0 Å². The van der Waals surface area contributed by atoms with Crippen molar-refractivity contribution < 1.29 is 0 Å². The van der Waals surface area contributed by atoms with E-state index < -0.39 is 0 Å². The third kappa shape index (κ3) is 1.84. The largest absolute Gasteiger partial charge is 0.300 e. The zero-order valence-corrected chi connectivity index (χ0v) is 10.2. The van der Waals surface area contributed by atoms with Gasteiger partial charge < -0.3 is 4.90 Å². The van der Waals surface area contributed by atoms with Crippen molar-refractivity contribution in [2.24, 2.45) is 23.7 Å². The highest BCUT2D eigenvalue weighted by Crippen LogP contribution is 2.45. The molecule has 0 aromatic heterocycles. The summed E-state index contributed by atoms with van der Waals surface area (Å²) in [5.74, 6) is 4.10. The molecule has 1 heterocycles. The second-order valence-electron chi connectivity index (χ2n) is 6.04. The van der Waals surface area contributed by atoms with E-state index in [1.807, 2.05) is 0 Å². The summed E-state index contributed by atoms with van der Waals surface area (Å²) >= 11 is 0. The van der Waals surface area contributed by atoms with E-state index in [2.05, 4.69) is 32.6 Å². The molecule has 2 fully saturated rings. The Labute approximate surface area is 88.9 Å². The van der Waals surface area contributed by atoms with Crippen LogP contribution in [0.4, 0.5) is 0 Å². The fraction of sp³-hybridized carbons (Fsp3) is 1.00. The quantitative estimate of drug-likeness (QED) is 0.669. The van der Waals surface area contributed by atoms with E-state index in [9.17, 15) is 0 Å². The molecule has 1 saturated heterocycles. The second kappa shape index (κ2) is 3.84. The van der Waals surface area contributed by atoms with Gasteiger partial charge in [-0.3, -0.25) is 0 Å². The summed E-state index contributed by atoms with van der Waals surface area (Å²) in [7, 11) is 0. The van der Waals surface area contributed by atoms with Gasteiger partial charge in [0.2, 0.25) is 0 Å². The first kappa shape index (κ1) is 10.5. The Morgan fingerprint density at radius 2 is 1.50 bits per heavy atom. The molecule has 0 spiro atoms. The molecular weight excluding hydrogens is 170 g/mol. The molecule has 1 nitrogen and oxygen atoms in total. The average Bonchev–Trinajstić information content (AvgIpc) is 1.88. The van der Waals surface area contributed by atoms with E-state index in [0.717, 1.165) is 29.7 Å². The zero-order valence-electron chi connectivity index (χ0n) is 10.2. The molecule has 0 radical (unpaired) electrons. The molecule has 0 aromatic carbocycles. The molecule has 0 amide bonds. The molecular formula is C13H25N. The minimum absolute atomic E-state index is 0.771. The molecule has 2 aliphatic rings. The summed E-state index contributed by atoms with van der Waals surface area (Å²) in [6.45, 7) is 12.1. The molecule has 82 valence electrons. The van der Waals surface area contributed by atoms with E-state index in [-0.39, 0.29) is 0 Å². The van der Waals surface area contributed by atoms with Crippen LogP contribution < -0.4 is 0 Å². The van der Waals surface area contributed by atoms with Crippen LogP contribution in [0.25, 0.3) is 0 Å². The fourth-order valence-electron chi connectivity index (χ4n) is 2.91. The molecule has 0 atom stereocenters. The molecule has 0 unspecified atom stereocenters.